The molecule has 110 valence electrons. The quantitative estimate of drug-likeness (QED) is 0.457. The Morgan fingerprint density at radius 3 is 2.85 bits per heavy atom. The third kappa shape index (κ3) is 5.13. The lowest BCUT2D eigenvalue weighted by Crippen LogP contribution is -2.33. The monoisotopic (exact) mass is 360 g/mol. The normalized spacial score (nSPS) is 11.9. The second-order valence-corrected chi connectivity index (χ2v) is 6.53. The van der Waals surface area contributed by atoms with Crippen LogP contribution in [0.5, 0.6) is 0 Å². The van der Waals surface area contributed by atoms with E-state index in [1.807, 2.05) is 18.7 Å². The maximum Gasteiger partial charge on any atom is 0.284 e. The van der Waals surface area contributed by atoms with Gasteiger partial charge in [0.25, 0.3) is 11.6 Å². The molecule has 0 aliphatic rings. The zero-order valence-corrected chi connectivity index (χ0v) is 13.8. The van der Waals surface area contributed by atoms with Crippen LogP contribution in [0.15, 0.2) is 22.7 Å². The number of thioether (sulfide) groups is 1. The SMILES string of the molecule is CCSCCC(C)NC(=O)c1ccc(Br)c([N+](=O)[O-])c1. The Bertz CT molecular complexity index is 497. The molecule has 0 fully saturated rings. The number of halogens is 1. The highest BCUT2D eigenvalue weighted by Crippen LogP contribution is 2.25. The summed E-state index contributed by atoms with van der Waals surface area (Å²) >= 11 is 4.92. The van der Waals surface area contributed by atoms with Gasteiger partial charge in [-0.05, 0) is 52.9 Å². The largest absolute Gasteiger partial charge is 0.350 e. The summed E-state index contributed by atoms with van der Waals surface area (Å²) in [6.45, 7) is 4.02. The van der Waals surface area contributed by atoms with Gasteiger partial charge in [-0.25, -0.2) is 0 Å². The molecule has 0 aliphatic carbocycles. The van der Waals surface area contributed by atoms with E-state index in [1.54, 1.807) is 6.07 Å². The maximum atomic E-state index is 12.0. The van der Waals surface area contributed by atoms with Crippen molar-refractivity contribution >= 4 is 39.3 Å². The molecule has 5 nitrogen and oxygen atoms in total. The van der Waals surface area contributed by atoms with Crippen LogP contribution in [0.4, 0.5) is 5.69 Å². The van der Waals surface area contributed by atoms with Gasteiger partial charge in [0.1, 0.15) is 0 Å². The Balaban J connectivity index is 2.68. The second-order valence-electron chi connectivity index (χ2n) is 4.28. The number of nitro groups is 1. The molecule has 0 saturated heterocycles. The highest BCUT2D eigenvalue weighted by atomic mass is 79.9. The summed E-state index contributed by atoms with van der Waals surface area (Å²) in [5.74, 6) is 1.76. The number of carbonyl (C=O) groups is 1. The van der Waals surface area contributed by atoms with Crippen LogP contribution in [0.25, 0.3) is 0 Å². The van der Waals surface area contributed by atoms with Crippen molar-refractivity contribution in [2.75, 3.05) is 11.5 Å². The Morgan fingerprint density at radius 2 is 2.25 bits per heavy atom. The van der Waals surface area contributed by atoms with Crippen LogP contribution >= 0.6 is 27.7 Å². The van der Waals surface area contributed by atoms with Gasteiger partial charge in [0.05, 0.1) is 9.40 Å². The first-order valence-electron chi connectivity index (χ1n) is 6.28. The molecule has 0 saturated carbocycles. The first kappa shape index (κ1) is 17.0. The van der Waals surface area contributed by atoms with Crippen molar-refractivity contribution in [2.24, 2.45) is 0 Å². The lowest BCUT2D eigenvalue weighted by molar-refractivity contribution is -0.385. The fraction of sp³-hybridized carbons (Fsp3) is 0.462. The highest BCUT2D eigenvalue weighted by molar-refractivity contribution is 9.10. The second kappa shape index (κ2) is 8.26. The zero-order chi connectivity index (χ0) is 15.1. The van der Waals surface area contributed by atoms with Gasteiger partial charge in [0, 0.05) is 17.7 Å². The van der Waals surface area contributed by atoms with Gasteiger partial charge in [-0.3, -0.25) is 14.9 Å². The molecular formula is C13H17BrN2O3S. The minimum absolute atomic E-state index is 0.0456. The molecule has 0 spiro atoms. The number of benzene rings is 1. The third-order valence-electron chi connectivity index (χ3n) is 2.68. The lowest BCUT2D eigenvalue weighted by Gasteiger charge is -2.13. The summed E-state index contributed by atoms with van der Waals surface area (Å²) in [5, 5.41) is 13.7. The topological polar surface area (TPSA) is 72.2 Å². The number of hydrogen-bond acceptors (Lipinski definition) is 4. The standard InChI is InChI=1S/C13H17BrN2O3S/c1-3-20-7-6-9(2)15-13(17)10-4-5-11(14)12(8-10)16(18)19/h4-5,8-9H,3,6-7H2,1-2H3,(H,15,17). The molecule has 20 heavy (non-hydrogen) atoms. The van der Waals surface area contributed by atoms with Crippen molar-refractivity contribution in [3.8, 4) is 0 Å². The number of nitrogens with zero attached hydrogens (tertiary/aromatic N) is 1. The first-order chi connectivity index (χ1) is 9.45. The number of nitrogens with one attached hydrogen (secondary N) is 1. The minimum Gasteiger partial charge on any atom is -0.350 e. The highest BCUT2D eigenvalue weighted by Gasteiger charge is 2.16. The molecule has 0 radical (unpaired) electrons. The number of rotatable bonds is 7. The van der Waals surface area contributed by atoms with Crippen molar-refractivity contribution in [1.29, 1.82) is 0 Å². The first-order valence-corrected chi connectivity index (χ1v) is 8.23. The van der Waals surface area contributed by atoms with Gasteiger partial charge in [0.2, 0.25) is 0 Å². The predicted octanol–water partition coefficient (Wildman–Crippen LogP) is 3.62. The molecule has 0 aliphatic heterocycles. The van der Waals surface area contributed by atoms with E-state index < -0.39 is 4.92 Å². The molecule has 1 atom stereocenters. The molecule has 7 heteroatoms. The molecular weight excluding hydrogens is 344 g/mol. The van der Waals surface area contributed by atoms with Gasteiger partial charge in [-0.2, -0.15) is 11.8 Å². The molecule has 1 N–H and O–H groups in total. The molecule has 1 rings (SSSR count). The van der Waals surface area contributed by atoms with Crippen LogP contribution in [0.3, 0.4) is 0 Å². The van der Waals surface area contributed by atoms with E-state index in [0.29, 0.717) is 10.0 Å². The molecule has 0 heterocycles. The number of nitro benzene ring substituents is 1. The number of amides is 1. The average molecular weight is 361 g/mol. The van der Waals surface area contributed by atoms with E-state index in [1.165, 1.54) is 12.1 Å². The van der Waals surface area contributed by atoms with E-state index >= 15 is 0 Å². The van der Waals surface area contributed by atoms with Gasteiger partial charge < -0.3 is 5.32 Å². The Morgan fingerprint density at radius 1 is 1.55 bits per heavy atom. The number of carbonyl (C=O) groups excluding carboxylic acids is 1. The van der Waals surface area contributed by atoms with Crippen molar-refractivity contribution in [2.45, 2.75) is 26.3 Å². The molecule has 0 bridgehead atoms. The summed E-state index contributed by atoms with van der Waals surface area (Å²) < 4.78 is 0.367. The lowest BCUT2D eigenvalue weighted by atomic mass is 10.1. The summed E-state index contributed by atoms with van der Waals surface area (Å²) in [4.78, 5) is 22.3. The van der Waals surface area contributed by atoms with Crippen molar-refractivity contribution in [3.63, 3.8) is 0 Å². The molecule has 1 aromatic rings. The van der Waals surface area contributed by atoms with E-state index in [2.05, 4.69) is 28.2 Å². The van der Waals surface area contributed by atoms with Crippen LogP contribution in [0.2, 0.25) is 0 Å². The van der Waals surface area contributed by atoms with Crippen LogP contribution < -0.4 is 5.32 Å². The minimum atomic E-state index is -0.512. The average Bonchev–Trinajstić information content (AvgIpc) is 2.39. The molecule has 1 aromatic carbocycles. The fourth-order valence-electron chi connectivity index (χ4n) is 1.58. The summed E-state index contributed by atoms with van der Waals surface area (Å²) in [6.07, 6.45) is 0.878. The van der Waals surface area contributed by atoms with E-state index in [9.17, 15) is 14.9 Å². The van der Waals surface area contributed by atoms with E-state index in [-0.39, 0.29) is 17.6 Å². The third-order valence-corrected chi connectivity index (χ3v) is 4.29. The van der Waals surface area contributed by atoms with E-state index in [4.69, 9.17) is 0 Å². The number of hydrogen-bond donors (Lipinski definition) is 1. The van der Waals surface area contributed by atoms with Crippen LogP contribution in [0.1, 0.15) is 30.6 Å². The Kier molecular flexibility index (Phi) is 7.01. The van der Waals surface area contributed by atoms with Crippen LogP contribution in [-0.2, 0) is 0 Å². The zero-order valence-electron chi connectivity index (χ0n) is 11.4. The van der Waals surface area contributed by atoms with Gasteiger partial charge in [-0.1, -0.05) is 6.92 Å². The molecule has 0 aromatic heterocycles. The van der Waals surface area contributed by atoms with Gasteiger partial charge >= 0.3 is 0 Å². The summed E-state index contributed by atoms with van der Waals surface area (Å²) in [6, 6.07) is 4.42. The Hall–Kier alpha value is -1.08. The maximum absolute atomic E-state index is 12.0. The van der Waals surface area contributed by atoms with Crippen molar-refractivity contribution in [3.05, 3.63) is 38.3 Å². The molecule has 1 amide bonds. The summed E-state index contributed by atoms with van der Waals surface area (Å²) in [5.41, 5.74) is 0.196. The summed E-state index contributed by atoms with van der Waals surface area (Å²) in [7, 11) is 0. The van der Waals surface area contributed by atoms with Gasteiger partial charge in [0.15, 0.2) is 0 Å². The fourth-order valence-corrected chi connectivity index (χ4v) is 2.78. The smallest absolute Gasteiger partial charge is 0.284 e. The van der Waals surface area contributed by atoms with Gasteiger partial charge in [-0.15, -0.1) is 0 Å². The predicted molar refractivity (Wildman–Crippen MR) is 85.3 cm³/mol. The van der Waals surface area contributed by atoms with Crippen LogP contribution in [0, 0.1) is 10.1 Å². The van der Waals surface area contributed by atoms with Crippen LogP contribution in [-0.4, -0.2) is 28.4 Å². The van der Waals surface area contributed by atoms with Crippen molar-refractivity contribution in [1.82, 2.24) is 5.32 Å². The van der Waals surface area contributed by atoms with E-state index in [0.717, 1.165) is 17.9 Å². The van der Waals surface area contributed by atoms with Crippen molar-refractivity contribution < 1.29 is 9.72 Å². The molecule has 1 unspecified atom stereocenters. The Labute approximate surface area is 130 Å².